The summed E-state index contributed by atoms with van der Waals surface area (Å²) in [7, 11) is 5.26. The minimum Gasteiger partial charge on any atom is -0.497 e. The van der Waals surface area contributed by atoms with Gasteiger partial charge in [-0.25, -0.2) is 0 Å². The van der Waals surface area contributed by atoms with Crippen LogP contribution in [0.5, 0.6) is 5.75 Å². The smallest absolute Gasteiger partial charge is 0.164 e. The topological polar surface area (TPSA) is 71.9 Å². The minimum absolute atomic E-state index is 0.163. The van der Waals surface area contributed by atoms with E-state index in [-0.39, 0.29) is 5.78 Å². The molecule has 1 aromatic carbocycles. The maximum Gasteiger partial charge on any atom is 0.164 e. The Kier molecular flexibility index (Phi) is 16.1. The Balaban J connectivity index is 0.000000833. The molecule has 2 N–H and O–H groups in total. The van der Waals surface area contributed by atoms with Crippen molar-refractivity contribution in [1.82, 2.24) is 5.32 Å². The molecule has 190 valence electrons. The first-order chi connectivity index (χ1) is 16.1. The predicted molar refractivity (Wildman–Crippen MR) is 146 cm³/mol. The number of hydrogen-bond donors (Lipinski definition) is 2. The number of nitrogens with one attached hydrogen (secondary N) is 2. The quantitative estimate of drug-likeness (QED) is 0.212. The number of nitrogens with zero attached hydrogens (tertiary/aromatic N) is 1. The number of Topliss-reactive ketones (excluding diaryl/α,β-unsaturated/α-hetero) is 1. The van der Waals surface area contributed by atoms with Crippen LogP contribution in [0.25, 0.3) is 0 Å². The Labute approximate surface area is 207 Å². The van der Waals surface area contributed by atoms with Crippen LogP contribution in [0.3, 0.4) is 0 Å². The maximum absolute atomic E-state index is 11.2. The highest BCUT2D eigenvalue weighted by atomic mass is 16.5. The van der Waals surface area contributed by atoms with Crippen molar-refractivity contribution < 1.29 is 14.3 Å². The number of carbonyl (C=O) groups excluding carboxylic acids is 1. The Morgan fingerprint density at radius 1 is 1.18 bits per heavy atom. The number of ether oxygens (including phenoxy) is 2. The minimum atomic E-state index is 0.163. The van der Waals surface area contributed by atoms with Crippen molar-refractivity contribution >= 4 is 17.7 Å². The zero-order valence-electron chi connectivity index (χ0n) is 22.8. The fraction of sp³-hybridized carbons (Fsp3) is 0.500. The van der Waals surface area contributed by atoms with Gasteiger partial charge in [-0.2, -0.15) is 0 Å². The third kappa shape index (κ3) is 13.0. The lowest BCUT2D eigenvalue weighted by Crippen LogP contribution is -2.06. The van der Waals surface area contributed by atoms with E-state index in [2.05, 4.69) is 41.6 Å². The summed E-state index contributed by atoms with van der Waals surface area (Å²) in [5.41, 5.74) is 5.98. The lowest BCUT2D eigenvalue weighted by atomic mass is 10.1. The molecule has 0 amide bonds. The lowest BCUT2D eigenvalue weighted by molar-refractivity contribution is -0.114. The van der Waals surface area contributed by atoms with Gasteiger partial charge in [0.1, 0.15) is 5.75 Å². The predicted octanol–water partition coefficient (Wildman–Crippen LogP) is 6.31. The molecule has 1 aromatic rings. The number of ketones is 1. The monoisotopic (exact) mass is 471 g/mol. The first kappa shape index (κ1) is 31.1. The molecule has 0 saturated heterocycles. The number of carbonyl (C=O) groups is 1. The Morgan fingerprint density at radius 3 is 2.32 bits per heavy atom. The SMILES string of the molecule is C/C=C(\C=C(/C)NC)Nc1cc(COCC(C)C)cc(OC)c1.CCC(=O)C(C=NC)=C(C)C. The number of allylic oxidation sites excluding steroid dienone is 5. The van der Waals surface area contributed by atoms with Crippen molar-refractivity contribution in [3.8, 4) is 5.75 Å². The molecule has 0 aromatic heterocycles. The Morgan fingerprint density at radius 2 is 1.85 bits per heavy atom. The Hall–Kier alpha value is -2.86. The van der Waals surface area contributed by atoms with Gasteiger partial charge in [0.2, 0.25) is 0 Å². The molecule has 0 atom stereocenters. The molecule has 0 saturated carbocycles. The van der Waals surface area contributed by atoms with E-state index in [1.807, 2.05) is 59.9 Å². The summed E-state index contributed by atoms with van der Waals surface area (Å²) < 4.78 is 11.1. The maximum atomic E-state index is 11.2. The number of rotatable bonds is 12. The molecule has 6 nitrogen and oxygen atoms in total. The fourth-order valence-corrected chi connectivity index (χ4v) is 2.81. The van der Waals surface area contributed by atoms with E-state index >= 15 is 0 Å². The van der Waals surface area contributed by atoms with Crippen molar-refractivity contribution in [2.24, 2.45) is 10.9 Å². The summed E-state index contributed by atoms with van der Waals surface area (Å²) in [6.45, 7) is 15.4. The van der Waals surface area contributed by atoms with Crippen LogP contribution in [-0.4, -0.2) is 39.8 Å². The van der Waals surface area contributed by atoms with Gasteiger partial charge in [-0.1, -0.05) is 32.4 Å². The normalized spacial score (nSPS) is 11.7. The Bertz CT molecular complexity index is 877. The van der Waals surface area contributed by atoms with E-state index in [0.29, 0.717) is 18.9 Å². The average Bonchev–Trinajstić information content (AvgIpc) is 2.81. The number of aliphatic imine (C=N–C) groups is 1. The number of methoxy groups -OCH3 is 1. The van der Waals surface area contributed by atoms with Gasteiger partial charge in [0, 0.05) is 62.1 Å². The first-order valence-electron chi connectivity index (χ1n) is 11.8. The first-order valence-corrected chi connectivity index (χ1v) is 11.8. The summed E-state index contributed by atoms with van der Waals surface area (Å²) in [6.07, 6.45) is 6.28. The lowest BCUT2D eigenvalue weighted by Gasteiger charge is -2.13. The van der Waals surface area contributed by atoms with Crippen LogP contribution in [0.4, 0.5) is 5.69 Å². The molecule has 0 radical (unpaired) electrons. The molecule has 0 bridgehead atoms. The number of anilines is 1. The highest BCUT2D eigenvalue weighted by Gasteiger charge is 2.05. The van der Waals surface area contributed by atoms with Gasteiger partial charge in [0.25, 0.3) is 0 Å². The average molecular weight is 472 g/mol. The van der Waals surface area contributed by atoms with Crippen LogP contribution in [0.15, 0.2) is 57.9 Å². The van der Waals surface area contributed by atoms with Gasteiger partial charge in [0.15, 0.2) is 5.78 Å². The van der Waals surface area contributed by atoms with Crippen LogP contribution in [0.1, 0.15) is 60.5 Å². The zero-order valence-corrected chi connectivity index (χ0v) is 22.8. The third-order valence-electron chi connectivity index (χ3n) is 4.71. The van der Waals surface area contributed by atoms with Crippen LogP contribution in [0.2, 0.25) is 0 Å². The zero-order chi connectivity index (χ0) is 26.1. The second-order valence-electron chi connectivity index (χ2n) is 8.50. The van der Waals surface area contributed by atoms with E-state index in [1.54, 1.807) is 20.4 Å². The molecule has 0 aliphatic heterocycles. The fourth-order valence-electron chi connectivity index (χ4n) is 2.81. The van der Waals surface area contributed by atoms with E-state index in [1.165, 1.54) is 0 Å². The molecule has 0 fully saturated rings. The molecule has 34 heavy (non-hydrogen) atoms. The van der Waals surface area contributed by atoms with E-state index < -0.39 is 0 Å². The largest absolute Gasteiger partial charge is 0.497 e. The summed E-state index contributed by atoms with van der Waals surface area (Å²) in [6, 6.07) is 6.09. The summed E-state index contributed by atoms with van der Waals surface area (Å²) in [4.78, 5) is 15.0. The van der Waals surface area contributed by atoms with Gasteiger partial charge < -0.3 is 20.1 Å². The third-order valence-corrected chi connectivity index (χ3v) is 4.71. The number of hydrogen-bond acceptors (Lipinski definition) is 6. The van der Waals surface area contributed by atoms with E-state index in [4.69, 9.17) is 9.47 Å². The second-order valence-corrected chi connectivity index (χ2v) is 8.50. The molecular weight excluding hydrogens is 426 g/mol. The van der Waals surface area contributed by atoms with Crippen molar-refractivity contribution in [2.75, 3.05) is 33.1 Å². The van der Waals surface area contributed by atoms with Crippen molar-refractivity contribution in [3.63, 3.8) is 0 Å². The van der Waals surface area contributed by atoms with E-state index in [0.717, 1.165) is 46.1 Å². The molecule has 0 unspecified atom stereocenters. The van der Waals surface area contributed by atoms with Crippen LogP contribution in [0, 0.1) is 5.92 Å². The van der Waals surface area contributed by atoms with Crippen LogP contribution >= 0.6 is 0 Å². The van der Waals surface area contributed by atoms with Crippen molar-refractivity contribution in [1.29, 1.82) is 0 Å². The van der Waals surface area contributed by atoms with Gasteiger partial charge >= 0.3 is 0 Å². The molecule has 0 aliphatic rings. The molecule has 0 aliphatic carbocycles. The van der Waals surface area contributed by atoms with Crippen LogP contribution < -0.4 is 15.4 Å². The van der Waals surface area contributed by atoms with E-state index in [9.17, 15) is 4.79 Å². The summed E-state index contributed by atoms with van der Waals surface area (Å²) in [5.74, 6) is 1.51. The standard InChI is InChI=1S/C19H30N2O2.C9H15NO/c1-7-17(8-15(4)20-5)21-18-9-16(10-19(11-18)22-6)13-23-12-14(2)3;1-5-9(11)8(6-10-4)7(2)3/h7-11,14,20-21H,12-13H2,1-6H3;6H,5H2,1-4H3/b15-8+,17-7+;. The molecular formula is C28H45N3O3. The van der Waals surface area contributed by atoms with Crippen molar-refractivity contribution in [2.45, 2.75) is 61.5 Å². The summed E-state index contributed by atoms with van der Waals surface area (Å²) in [5, 5.41) is 6.54. The number of benzene rings is 1. The molecule has 1 rings (SSSR count). The molecule has 0 heterocycles. The molecule has 0 spiro atoms. The molecule has 6 heteroatoms. The van der Waals surface area contributed by atoms with Crippen molar-refractivity contribution in [3.05, 3.63) is 58.5 Å². The van der Waals surface area contributed by atoms with Gasteiger partial charge in [-0.05, 0) is 57.4 Å². The van der Waals surface area contributed by atoms with Gasteiger partial charge in [-0.3, -0.25) is 9.79 Å². The van der Waals surface area contributed by atoms with Gasteiger partial charge in [0.05, 0.1) is 13.7 Å². The summed E-state index contributed by atoms with van der Waals surface area (Å²) >= 11 is 0. The van der Waals surface area contributed by atoms with Crippen LogP contribution in [-0.2, 0) is 16.1 Å². The van der Waals surface area contributed by atoms with Gasteiger partial charge in [-0.15, -0.1) is 0 Å². The second kappa shape index (κ2) is 17.6. The highest BCUT2D eigenvalue weighted by Crippen LogP contribution is 2.23. The highest BCUT2D eigenvalue weighted by molar-refractivity contribution is 6.13.